The molecule has 0 fully saturated rings. The molecule has 0 heterocycles. The van der Waals surface area contributed by atoms with Crippen LogP contribution in [-0.2, 0) is 4.74 Å². The van der Waals surface area contributed by atoms with Crippen LogP contribution in [0.2, 0.25) is 0 Å². The Bertz CT molecular complexity index is 85.4. The summed E-state index contributed by atoms with van der Waals surface area (Å²) < 4.78 is 7.62. The van der Waals surface area contributed by atoms with E-state index in [0.29, 0.717) is 12.5 Å². The lowest BCUT2D eigenvalue weighted by Crippen LogP contribution is -2.16. The first-order chi connectivity index (χ1) is 3.81. The summed E-state index contributed by atoms with van der Waals surface area (Å²) in [7, 11) is 0. The van der Waals surface area contributed by atoms with Crippen LogP contribution in [0.15, 0.2) is 4.51 Å². The Morgan fingerprint density at radius 3 is 2.75 bits per heavy atom. The number of nitrogens with two attached hydrogens (primary N) is 1. The van der Waals surface area contributed by atoms with E-state index in [-0.39, 0.29) is 6.02 Å². The summed E-state index contributed by atoms with van der Waals surface area (Å²) >= 11 is 10.1. The van der Waals surface area contributed by atoms with Gasteiger partial charge in [-0.15, -0.1) is 16.1 Å². The number of hydrogen-bond acceptors (Lipinski definition) is 2. The Kier molecular flexibility index (Phi) is 4.90. The van der Waals surface area contributed by atoms with Crippen molar-refractivity contribution in [2.75, 3.05) is 12.5 Å². The van der Waals surface area contributed by atoms with Crippen molar-refractivity contribution in [2.24, 2.45) is 10.2 Å². The van der Waals surface area contributed by atoms with Crippen LogP contribution in [0.3, 0.4) is 0 Å². The third-order valence-electron chi connectivity index (χ3n) is 0.410. The molecular weight excluding hydrogens is 151 g/mol. The molecule has 0 saturated carbocycles. The molecule has 0 saturated heterocycles. The predicted molar refractivity (Wildman–Crippen MR) is 34.1 cm³/mol. The monoisotopic (exact) mass is 156 g/mol. The van der Waals surface area contributed by atoms with E-state index < -0.39 is 0 Å². The standard InChI is InChI=1S/C3H6Cl2N2O/c4-1-2-8-3(6)7-5/h1-2H2,(H2,6,7). The number of hydrogen-bond donors (Lipinski definition) is 1. The zero-order chi connectivity index (χ0) is 6.41. The van der Waals surface area contributed by atoms with Crippen LogP contribution in [-0.4, -0.2) is 18.5 Å². The first kappa shape index (κ1) is 7.85. The highest BCUT2D eigenvalue weighted by Crippen LogP contribution is 1.81. The van der Waals surface area contributed by atoms with Crippen LogP contribution in [0.4, 0.5) is 0 Å². The SMILES string of the molecule is N/C(=N\Cl)OCCCl. The number of amidine groups is 1. The Labute approximate surface area is 57.5 Å². The molecule has 0 rings (SSSR count). The summed E-state index contributed by atoms with van der Waals surface area (Å²) in [6.45, 7) is 0.337. The molecule has 2 N–H and O–H groups in total. The van der Waals surface area contributed by atoms with Gasteiger partial charge in [-0.25, -0.2) is 0 Å². The number of alkyl halides is 1. The lowest BCUT2D eigenvalue weighted by molar-refractivity contribution is 0.325. The molecule has 0 aromatic heterocycles. The molecule has 0 aromatic carbocycles. The van der Waals surface area contributed by atoms with E-state index in [4.69, 9.17) is 29.1 Å². The predicted octanol–water partition coefficient (Wildman–Crippen LogP) is 0.710. The summed E-state index contributed by atoms with van der Waals surface area (Å²) in [6.07, 6.45) is 0. The molecule has 0 aliphatic carbocycles. The minimum Gasteiger partial charge on any atom is -0.463 e. The molecule has 0 unspecified atom stereocenters. The smallest absolute Gasteiger partial charge is 0.299 e. The maximum Gasteiger partial charge on any atom is 0.299 e. The fraction of sp³-hybridized carbons (Fsp3) is 0.667. The fourth-order valence-corrected chi connectivity index (χ4v) is 0.293. The summed E-state index contributed by atoms with van der Waals surface area (Å²) in [5.41, 5.74) is 5.00. The van der Waals surface area contributed by atoms with Crippen molar-refractivity contribution in [1.82, 2.24) is 0 Å². The number of nitrogens with zero attached hydrogens (tertiary/aromatic N) is 1. The van der Waals surface area contributed by atoms with Crippen molar-refractivity contribution < 1.29 is 4.74 Å². The topological polar surface area (TPSA) is 47.6 Å². The van der Waals surface area contributed by atoms with Gasteiger partial charge in [0.15, 0.2) is 0 Å². The van der Waals surface area contributed by atoms with Crippen LogP contribution < -0.4 is 5.73 Å². The van der Waals surface area contributed by atoms with Crippen LogP contribution in [0.25, 0.3) is 0 Å². The third-order valence-corrected chi connectivity index (χ3v) is 0.731. The third kappa shape index (κ3) is 4.02. The Morgan fingerprint density at radius 1 is 1.75 bits per heavy atom. The molecule has 0 aromatic rings. The van der Waals surface area contributed by atoms with E-state index >= 15 is 0 Å². The Balaban J connectivity index is 3.12. The van der Waals surface area contributed by atoms with Crippen LogP contribution in [0, 0.1) is 0 Å². The molecule has 0 aliphatic rings. The largest absolute Gasteiger partial charge is 0.463 e. The van der Waals surface area contributed by atoms with E-state index in [1.807, 2.05) is 0 Å². The average Bonchev–Trinajstić information content (AvgIpc) is 1.83. The first-order valence-electron chi connectivity index (χ1n) is 1.94. The summed E-state index contributed by atoms with van der Waals surface area (Å²) in [5.74, 6) is 0.382. The zero-order valence-electron chi connectivity index (χ0n) is 4.10. The number of rotatable bonds is 2. The second-order valence-corrected chi connectivity index (χ2v) is 1.51. The molecule has 0 bridgehead atoms. The number of halogens is 2. The van der Waals surface area contributed by atoms with Gasteiger partial charge < -0.3 is 10.5 Å². The molecular formula is C3H6Cl2N2O. The van der Waals surface area contributed by atoms with Gasteiger partial charge in [-0.1, -0.05) is 0 Å². The molecule has 3 nitrogen and oxygen atoms in total. The van der Waals surface area contributed by atoms with Gasteiger partial charge in [0.05, 0.1) is 5.88 Å². The van der Waals surface area contributed by atoms with E-state index in [2.05, 4.69) is 9.25 Å². The molecule has 48 valence electrons. The normalized spacial score (nSPS) is 11.5. The van der Waals surface area contributed by atoms with Gasteiger partial charge in [0.25, 0.3) is 6.02 Å². The van der Waals surface area contributed by atoms with Gasteiger partial charge in [0.2, 0.25) is 0 Å². The minimum absolute atomic E-state index is 0.0488. The highest BCUT2D eigenvalue weighted by atomic mass is 35.5. The van der Waals surface area contributed by atoms with Crippen molar-refractivity contribution in [3.05, 3.63) is 0 Å². The van der Waals surface area contributed by atoms with E-state index in [9.17, 15) is 0 Å². The fourth-order valence-electron chi connectivity index (χ4n) is 0.168. The van der Waals surface area contributed by atoms with E-state index in [0.717, 1.165) is 0 Å². The summed E-state index contributed by atoms with van der Waals surface area (Å²) in [4.78, 5) is 0. The van der Waals surface area contributed by atoms with Gasteiger partial charge >= 0.3 is 0 Å². The zero-order valence-corrected chi connectivity index (χ0v) is 5.61. The van der Waals surface area contributed by atoms with Crippen molar-refractivity contribution in [1.29, 1.82) is 0 Å². The average molecular weight is 157 g/mol. The molecule has 8 heavy (non-hydrogen) atoms. The summed E-state index contributed by atoms with van der Waals surface area (Å²) in [5, 5.41) is 0. The van der Waals surface area contributed by atoms with E-state index in [1.54, 1.807) is 0 Å². The molecule has 0 aliphatic heterocycles. The van der Waals surface area contributed by atoms with Gasteiger partial charge in [-0.05, 0) is 0 Å². The molecule has 0 spiro atoms. The van der Waals surface area contributed by atoms with Crippen molar-refractivity contribution in [3.8, 4) is 0 Å². The first-order valence-corrected chi connectivity index (χ1v) is 2.81. The Hall–Kier alpha value is -0.150. The van der Waals surface area contributed by atoms with Gasteiger partial charge in [0, 0.05) is 11.8 Å². The molecule has 0 radical (unpaired) electrons. The van der Waals surface area contributed by atoms with Gasteiger partial charge in [-0.2, -0.15) is 0 Å². The lowest BCUT2D eigenvalue weighted by atomic mass is 10.8. The molecule has 0 atom stereocenters. The Morgan fingerprint density at radius 2 is 2.38 bits per heavy atom. The van der Waals surface area contributed by atoms with Crippen molar-refractivity contribution in [2.45, 2.75) is 0 Å². The minimum atomic E-state index is -0.0488. The van der Waals surface area contributed by atoms with Crippen LogP contribution in [0.5, 0.6) is 0 Å². The van der Waals surface area contributed by atoms with Gasteiger partial charge in [-0.3, -0.25) is 0 Å². The maximum absolute atomic E-state index is 5.22. The highest BCUT2D eigenvalue weighted by molar-refractivity contribution is 6.19. The van der Waals surface area contributed by atoms with Crippen LogP contribution >= 0.6 is 23.4 Å². The second-order valence-electron chi connectivity index (χ2n) is 0.960. The van der Waals surface area contributed by atoms with E-state index in [1.165, 1.54) is 0 Å². The molecule has 5 heteroatoms. The number of ether oxygens (including phenoxy) is 1. The molecule has 0 amide bonds. The maximum atomic E-state index is 5.22. The van der Waals surface area contributed by atoms with Crippen LogP contribution in [0.1, 0.15) is 0 Å². The van der Waals surface area contributed by atoms with Crippen molar-refractivity contribution >= 4 is 29.4 Å². The van der Waals surface area contributed by atoms with Gasteiger partial charge in [0.1, 0.15) is 6.61 Å². The van der Waals surface area contributed by atoms with Crippen molar-refractivity contribution in [3.63, 3.8) is 0 Å². The highest BCUT2D eigenvalue weighted by Gasteiger charge is 1.87. The quantitative estimate of drug-likeness (QED) is 0.364. The second kappa shape index (κ2) is 5.00. The summed E-state index contributed by atoms with van der Waals surface area (Å²) in [6, 6.07) is -0.0488. The lowest BCUT2D eigenvalue weighted by Gasteiger charge is -1.96.